The molecule has 1 aliphatic heterocycles. The molecule has 2 aliphatic rings. The van der Waals surface area contributed by atoms with Gasteiger partial charge in [0.1, 0.15) is 0 Å². The van der Waals surface area contributed by atoms with E-state index in [1.807, 2.05) is 31.3 Å². The molecule has 0 aromatic heterocycles. The summed E-state index contributed by atoms with van der Waals surface area (Å²) in [4.78, 5) is 6.98. The van der Waals surface area contributed by atoms with Gasteiger partial charge in [0.05, 0.1) is 24.8 Å². The molecule has 0 unspecified atom stereocenters. The van der Waals surface area contributed by atoms with Crippen molar-refractivity contribution < 1.29 is 4.74 Å². The molecule has 0 amide bonds. The van der Waals surface area contributed by atoms with Gasteiger partial charge in [0.25, 0.3) is 0 Å². The minimum atomic E-state index is 0. The molecule has 160 valence electrons. The summed E-state index contributed by atoms with van der Waals surface area (Å²) in [6.45, 7) is 6.62. The van der Waals surface area contributed by atoms with Gasteiger partial charge in [0.2, 0.25) is 0 Å². The van der Waals surface area contributed by atoms with Crippen LogP contribution >= 0.6 is 24.0 Å². The fraction of sp³-hybridized carbons (Fsp3) is 0.636. The minimum absolute atomic E-state index is 0. The number of halogens is 1. The lowest BCUT2D eigenvalue weighted by Gasteiger charge is -2.42. The van der Waals surface area contributed by atoms with Crippen molar-refractivity contribution >= 4 is 29.9 Å². The van der Waals surface area contributed by atoms with Gasteiger partial charge in [-0.05, 0) is 30.5 Å². The second kappa shape index (κ2) is 12.4. The average Bonchev–Trinajstić information content (AvgIpc) is 2.75. The largest absolute Gasteiger partial charge is 0.379 e. The van der Waals surface area contributed by atoms with Crippen LogP contribution in [0.5, 0.6) is 0 Å². The molecule has 1 aromatic rings. The van der Waals surface area contributed by atoms with E-state index in [9.17, 15) is 0 Å². The van der Waals surface area contributed by atoms with E-state index in [1.165, 1.54) is 32.1 Å². The predicted molar refractivity (Wildman–Crippen MR) is 128 cm³/mol. The highest BCUT2D eigenvalue weighted by molar-refractivity contribution is 14.0. The molecular formula is C22H34IN5O. The maximum Gasteiger partial charge on any atom is 0.191 e. The number of morpholine rings is 1. The Morgan fingerprint density at radius 1 is 1.14 bits per heavy atom. The van der Waals surface area contributed by atoms with E-state index < -0.39 is 0 Å². The Morgan fingerprint density at radius 2 is 1.83 bits per heavy atom. The van der Waals surface area contributed by atoms with Crippen LogP contribution < -0.4 is 10.6 Å². The third-order valence-electron chi connectivity index (χ3n) is 5.97. The summed E-state index contributed by atoms with van der Waals surface area (Å²) in [5.74, 6) is 0.844. The van der Waals surface area contributed by atoms with Crippen molar-refractivity contribution in [3.05, 3.63) is 35.4 Å². The molecule has 2 N–H and O–H groups in total. The van der Waals surface area contributed by atoms with E-state index in [-0.39, 0.29) is 24.0 Å². The van der Waals surface area contributed by atoms with E-state index >= 15 is 0 Å². The highest BCUT2D eigenvalue weighted by Crippen LogP contribution is 2.36. The second-order valence-electron chi connectivity index (χ2n) is 8.04. The lowest BCUT2D eigenvalue weighted by molar-refractivity contribution is 0.00820. The summed E-state index contributed by atoms with van der Waals surface area (Å²) in [7, 11) is 1.82. The molecule has 6 nitrogen and oxygen atoms in total. The molecule has 0 spiro atoms. The zero-order chi connectivity index (χ0) is 19.7. The normalized spacial score (nSPS) is 19.7. The number of rotatable bonds is 6. The fourth-order valence-corrected chi connectivity index (χ4v) is 4.30. The Hall–Kier alpha value is -1.37. The summed E-state index contributed by atoms with van der Waals surface area (Å²) < 4.78 is 5.52. The topological polar surface area (TPSA) is 72.7 Å². The molecule has 1 aliphatic carbocycles. The van der Waals surface area contributed by atoms with Gasteiger partial charge in [0, 0.05) is 45.2 Å². The third-order valence-corrected chi connectivity index (χ3v) is 5.97. The number of ether oxygens (including phenoxy) is 1. The van der Waals surface area contributed by atoms with Gasteiger partial charge in [-0.25, -0.2) is 0 Å². The lowest BCUT2D eigenvalue weighted by atomic mass is 9.73. The average molecular weight is 511 g/mol. The highest BCUT2D eigenvalue weighted by Gasteiger charge is 2.34. The number of benzene rings is 1. The molecule has 7 heteroatoms. The van der Waals surface area contributed by atoms with E-state index in [0.29, 0.717) is 17.5 Å². The molecule has 1 aromatic carbocycles. The van der Waals surface area contributed by atoms with E-state index in [0.717, 1.165) is 50.9 Å². The molecular weight excluding hydrogens is 477 g/mol. The standard InChI is InChI=1S/C22H33N5O.HI/c1-24-21(25-16-20-7-5-19(15-23)6-8-20)26-17-22(9-3-2-4-10-22)18-27-11-13-28-14-12-27;/h5-8H,2-4,9-14,16-18H2,1H3,(H2,24,25,26);1H. The monoisotopic (exact) mass is 511 g/mol. The lowest BCUT2D eigenvalue weighted by Crippen LogP contribution is -2.51. The van der Waals surface area contributed by atoms with Crippen LogP contribution in [0, 0.1) is 16.7 Å². The minimum Gasteiger partial charge on any atom is -0.379 e. The van der Waals surface area contributed by atoms with Crippen molar-refractivity contribution in [2.24, 2.45) is 10.4 Å². The number of nitrogens with zero attached hydrogens (tertiary/aromatic N) is 3. The molecule has 0 bridgehead atoms. The first-order valence-electron chi connectivity index (χ1n) is 10.5. The summed E-state index contributed by atoms with van der Waals surface area (Å²) in [5, 5.41) is 15.9. The van der Waals surface area contributed by atoms with Crippen molar-refractivity contribution in [2.45, 2.75) is 38.6 Å². The first-order chi connectivity index (χ1) is 13.7. The van der Waals surface area contributed by atoms with Crippen molar-refractivity contribution in [1.82, 2.24) is 15.5 Å². The van der Waals surface area contributed by atoms with Crippen molar-refractivity contribution in [1.29, 1.82) is 5.26 Å². The Labute approximate surface area is 192 Å². The van der Waals surface area contributed by atoms with E-state index in [1.54, 1.807) is 0 Å². The van der Waals surface area contributed by atoms with Crippen molar-refractivity contribution in [3.63, 3.8) is 0 Å². The number of hydrogen-bond acceptors (Lipinski definition) is 4. The van der Waals surface area contributed by atoms with Crippen molar-refractivity contribution in [3.8, 4) is 6.07 Å². The number of aliphatic imine (C=N–C) groups is 1. The van der Waals surface area contributed by atoms with Crippen LogP contribution in [0.4, 0.5) is 0 Å². The molecule has 1 saturated heterocycles. The molecule has 29 heavy (non-hydrogen) atoms. The van der Waals surface area contributed by atoms with Crippen LogP contribution in [0.25, 0.3) is 0 Å². The van der Waals surface area contributed by atoms with Gasteiger partial charge >= 0.3 is 0 Å². The van der Waals surface area contributed by atoms with Gasteiger partial charge in [-0.1, -0.05) is 31.4 Å². The first kappa shape index (κ1) is 23.9. The van der Waals surface area contributed by atoms with Crippen LogP contribution in [-0.2, 0) is 11.3 Å². The van der Waals surface area contributed by atoms with Crippen LogP contribution in [0.1, 0.15) is 43.2 Å². The fourth-order valence-electron chi connectivity index (χ4n) is 4.30. The summed E-state index contributed by atoms with van der Waals surface area (Å²) in [6, 6.07) is 9.84. The molecule has 1 heterocycles. The first-order valence-corrected chi connectivity index (χ1v) is 10.5. The zero-order valence-electron chi connectivity index (χ0n) is 17.5. The van der Waals surface area contributed by atoms with E-state index in [4.69, 9.17) is 10.00 Å². The molecule has 2 fully saturated rings. The summed E-state index contributed by atoms with van der Waals surface area (Å²) in [5.41, 5.74) is 2.15. The van der Waals surface area contributed by atoms with Crippen LogP contribution in [0.15, 0.2) is 29.3 Å². The van der Waals surface area contributed by atoms with Crippen LogP contribution in [-0.4, -0.2) is 57.3 Å². The van der Waals surface area contributed by atoms with E-state index in [2.05, 4.69) is 26.6 Å². The molecule has 3 rings (SSSR count). The second-order valence-corrected chi connectivity index (χ2v) is 8.04. The van der Waals surface area contributed by atoms with Gasteiger partial charge in [-0.2, -0.15) is 5.26 Å². The predicted octanol–water partition coefficient (Wildman–Crippen LogP) is 3.12. The van der Waals surface area contributed by atoms with Crippen LogP contribution in [0.2, 0.25) is 0 Å². The number of hydrogen-bond donors (Lipinski definition) is 2. The van der Waals surface area contributed by atoms with Crippen LogP contribution in [0.3, 0.4) is 0 Å². The Balaban J connectivity index is 0.00000300. The SMILES string of the molecule is CN=C(NCc1ccc(C#N)cc1)NCC1(CN2CCOCC2)CCCCC1.I. The molecule has 1 saturated carbocycles. The maximum atomic E-state index is 8.92. The van der Waals surface area contributed by atoms with Gasteiger partial charge in [-0.15, -0.1) is 24.0 Å². The summed E-state index contributed by atoms with van der Waals surface area (Å²) >= 11 is 0. The summed E-state index contributed by atoms with van der Waals surface area (Å²) in [6.07, 6.45) is 6.57. The quantitative estimate of drug-likeness (QED) is 0.349. The molecule has 0 atom stereocenters. The van der Waals surface area contributed by atoms with Gasteiger partial charge in [-0.3, -0.25) is 9.89 Å². The van der Waals surface area contributed by atoms with Gasteiger partial charge in [0.15, 0.2) is 5.96 Å². The molecule has 0 radical (unpaired) electrons. The highest BCUT2D eigenvalue weighted by atomic mass is 127. The smallest absolute Gasteiger partial charge is 0.191 e. The van der Waals surface area contributed by atoms with Gasteiger partial charge < -0.3 is 15.4 Å². The Morgan fingerprint density at radius 3 is 2.45 bits per heavy atom. The third kappa shape index (κ3) is 7.43. The Bertz CT molecular complexity index is 673. The number of nitriles is 1. The maximum absolute atomic E-state index is 8.92. The number of nitrogens with one attached hydrogen (secondary N) is 2. The van der Waals surface area contributed by atoms with Crippen molar-refractivity contribution in [2.75, 3.05) is 46.4 Å². The Kier molecular flexibility index (Phi) is 10.2. The zero-order valence-corrected chi connectivity index (χ0v) is 19.8. The number of guanidine groups is 1.